The first-order chi connectivity index (χ1) is 5.29. The maximum Gasteiger partial charge on any atom is 0.428 e. The van der Waals surface area contributed by atoms with Crippen molar-refractivity contribution >= 4 is 6.09 Å². The van der Waals surface area contributed by atoms with E-state index < -0.39 is 6.09 Å². The van der Waals surface area contributed by atoms with Gasteiger partial charge in [-0.25, -0.2) is 4.79 Å². The molecule has 0 saturated carbocycles. The molecule has 0 saturated heterocycles. The summed E-state index contributed by atoms with van der Waals surface area (Å²) in [7, 11) is 0. The van der Waals surface area contributed by atoms with E-state index in [-0.39, 0.29) is 5.88 Å². The molecule has 0 atom stereocenters. The van der Waals surface area contributed by atoms with E-state index in [2.05, 4.69) is 16.1 Å². The molecule has 1 heterocycles. The van der Waals surface area contributed by atoms with Crippen molar-refractivity contribution < 1.29 is 19.1 Å². The molecule has 0 aliphatic carbocycles. The van der Waals surface area contributed by atoms with Crippen LogP contribution in [-0.4, -0.2) is 19.3 Å². The molecule has 62 valence electrons. The largest absolute Gasteiger partial charge is 0.492 e. The van der Waals surface area contributed by atoms with Crippen LogP contribution < -0.4 is 11.2 Å². The van der Waals surface area contributed by atoms with E-state index in [4.69, 9.17) is 9.47 Å². The van der Waals surface area contributed by atoms with Gasteiger partial charge < -0.3 is 20.0 Å². The Bertz CT molecular complexity index is 179. The molecule has 0 fully saturated rings. The van der Waals surface area contributed by atoms with Gasteiger partial charge >= 0.3 is 6.09 Å². The first-order valence-electron chi connectivity index (χ1n) is 2.96. The summed E-state index contributed by atoms with van der Waals surface area (Å²) in [5.74, 6) is 0.232. The third kappa shape index (κ3) is 2.65. The van der Waals surface area contributed by atoms with Crippen LogP contribution in [0.25, 0.3) is 0 Å². The van der Waals surface area contributed by atoms with Gasteiger partial charge in [0.25, 0.3) is 5.88 Å². The van der Waals surface area contributed by atoms with Crippen molar-refractivity contribution in [3.63, 3.8) is 0 Å². The number of primary amides is 1. The number of amides is 1. The minimum absolute atomic E-state index is 0.232. The molecule has 0 radical (unpaired) electrons. The van der Waals surface area contributed by atoms with Crippen LogP contribution in [0.2, 0.25) is 0 Å². The monoisotopic (exact) mass is 160 g/mol. The second-order valence-corrected chi connectivity index (χ2v) is 1.72. The fraction of sp³-hybridized carbons (Fsp3) is 0.400. The van der Waals surface area contributed by atoms with E-state index in [9.17, 15) is 4.79 Å². The van der Waals surface area contributed by atoms with E-state index in [0.717, 1.165) is 0 Å². The van der Waals surface area contributed by atoms with Gasteiger partial charge in [-0.15, -0.1) is 0 Å². The molecule has 0 unspecified atom stereocenters. The van der Waals surface area contributed by atoms with E-state index in [1.54, 1.807) is 0 Å². The smallest absolute Gasteiger partial charge is 0.428 e. The molecule has 1 amide bonds. The fourth-order valence-corrected chi connectivity index (χ4v) is 0.522. The summed E-state index contributed by atoms with van der Waals surface area (Å²) in [4.78, 5) is 14.3. The zero-order valence-corrected chi connectivity index (χ0v) is 5.70. The molecule has 6 nitrogen and oxygen atoms in total. The maximum absolute atomic E-state index is 10.1. The number of rotatable bonds is 2. The number of nitrogens with one attached hydrogen (secondary N) is 1. The van der Waals surface area contributed by atoms with E-state index in [1.807, 2.05) is 0 Å². The molecule has 0 bridgehead atoms. The average molecular weight is 160 g/mol. The molecule has 1 rings (SSSR count). The number of ether oxygens (including phenoxy) is 2. The second-order valence-electron chi connectivity index (χ2n) is 1.72. The Morgan fingerprint density at radius 2 is 2.55 bits per heavy atom. The van der Waals surface area contributed by atoms with Crippen molar-refractivity contribution in [3.8, 4) is 0 Å². The normalized spacial score (nSPS) is 15.5. The van der Waals surface area contributed by atoms with Crippen LogP contribution in [0.4, 0.5) is 4.79 Å². The molecule has 0 aromatic carbocycles. The molecule has 1 aliphatic heterocycles. The van der Waals surface area contributed by atoms with Gasteiger partial charge in [-0.3, -0.25) is 0 Å². The second kappa shape index (κ2) is 3.55. The van der Waals surface area contributed by atoms with Crippen molar-refractivity contribution in [1.82, 2.24) is 5.48 Å². The standard InChI is InChI=1S/C5H8N2O4/c6-5(8)11-7-4-3-9-1-2-10-4/h3,7H,1-2H2,(H2,6,8). The molecule has 0 spiro atoms. The number of hydroxylamine groups is 1. The van der Waals surface area contributed by atoms with Gasteiger partial charge in [0, 0.05) is 0 Å². The lowest BCUT2D eigenvalue weighted by Crippen LogP contribution is -2.27. The van der Waals surface area contributed by atoms with Gasteiger partial charge in [0.2, 0.25) is 0 Å². The molecule has 6 heteroatoms. The van der Waals surface area contributed by atoms with Crippen LogP contribution >= 0.6 is 0 Å². The predicted octanol–water partition coefficient (Wildman–Crippen LogP) is -0.568. The lowest BCUT2D eigenvalue weighted by atomic mass is 10.7. The Labute approximate surface area is 62.8 Å². The van der Waals surface area contributed by atoms with Crippen molar-refractivity contribution in [2.45, 2.75) is 0 Å². The quantitative estimate of drug-likeness (QED) is 0.528. The Morgan fingerprint density at radius 3 is 3.09 bits per heavy atom. The Kier molecular flexibility index (Phi) is 2.42. The Balaban J connectivity index is 2.24. The first kappa shape index (κ1) is 7.52. The van der Waals surface area contributed by atoms with Crippen molar-refractivity contribution in [2.24, 2.45) is 5.73 Å². The highest BCUT2D eigenvalue weighted by Gasteiger charge is 2.05. The van der Waals surface area contributed by atoms with Crippen LogP contribution in [0, 0.1) is 0 Å². The highest BCUT2D eigenvalue weighted by molar-refractivity contribution is 5.64. The first-order valence-corrected chi connectivity index (χ1v) is 2.96. The number of hydrogen-bond acceptors (Lipinski definition) is 5. The number of carbonyl (C=O) groups is 1. The summed E-state index contributed by atoms with van der Waals surface area (Å²) in [5.41, 5.74) is 6.82. The third-order valence-electron chi connectivity index (χ3n) is 0.901. The summed E-state index contributed by atoms with van der Waals surface area (Å²) in [6, 6.07) is 0. The summed E-state index contributed by atoms with van der Waals surface area (Å²) < 4.78 is 9.75. The zero-order valence-electron chi connectivity index (χ0n) is 5.70. The van der Waals surface area contributed by atoms with Crippen molar-refractivity contribution in [2.75, 3.05) is 13.2 Å². The van der Waals surface area contributed by atoms with Crippen LogP contribution in [0.15, 0.2) is 12.1 Å². The summed E-state index contributed by atoms with van der Waals surface area (Å²) in [5, 5.41) is 0. The highest BCUT2D eigenvalue weighted by atomic mass is 16.7. The molecule has 0 aromatic rings. The van der Waals surface area contributed by atoms with E-state index in [0.29, 0.717) is 13.2 Å². The molecule has 0 aromatic heterocycles. The maximum atomic E-state index is 10.1. The van der Waals surface area contributed by atoms with Gasteiger partial charge in [-0.2, -0.15) is 5.48 Å². The van der Waals surface area contributed by atoms with E-state index >= 15 is 0 Å². The van der Waals surface area contributed by atoms with Crippen LogP contribution in [0.5, 0.6) is 0 Å². The fourth-order valence-electron chi connectivity index (χ4n) is 0.522. The summed E-state index contributed by atoms with van der Waals surface area (Å²) in [6.45, 7) is 0.905. The van der Waals surface area contributed by atoms with E-state index in [1.165, 1.54) is 6.26 Å². The molecular formula is C5H8N2O4. The van der Waals surface area contributed by atoms with Crippen molar-refractivity contribution in [3.05, 3.63) is 12.1 Å². The predicted molar refractivity (Wildman–Crippen MR) is 33.8 cm³/mol. The third-order valence-corrected chi connectivity index (χ3v) is 0.901. The van der Waals surface area contributed by atoms with Gasteiger partial charge in [-0.05, 0) is 0 Å². The zero-order chi connectivity index (χ0) is 8.10. The lowest BCUT2D eigenvalue weighted by Gasteiger charge is -2.14. The number of carbonyl (C=O) groups excluding carboxylic acids is 1. The Morgan fingerprint density at radius 1 is 1.73 bits per heavy atom. The molecule has 3 N–H and O–H groups in total. The molecule has 1 aliphatic rings. The minimum Gasteiger partial charge on any atom is -0.492 e. The van der Waals surface area contributed by atoms with Crippen LogP contribution in [0.1, 0.15) is 0 Å². The van der Waals surface area contributed by atoms with Crippen LogP contribution in [0.3, 0.4) is 0 Å². The van der Waals surface area contributed by atoms with Gasteiger partial charge in [0.05, 0.1) is 0 Å². The SMILES string of the molecule is NC(=O)ONC1=COCCO1. The molecular weight excluding hydrogens is 152 g/mol. The minimum atomic E-state index is -0.930. The topological polar surface area (TPSA) is 82.8 Å². The lowest BCUT2D eigenvalue weighted by molar-refractivity contribution is 0.0180. The Hall–Kier alpha value is -1.59. The van der Waals surface area contributed by atoms with Gasteiger partial charge in [-0.1, -0.05) is 0 Å². The summed E-state index contributed by atoms with van der Waals surface area (Å²) in [6.07, 6.45) is 0.368. The van der Waals surface area contributed by atoms with Crippen LogP contribution in [-0.2, 0) is 14.3 Å². The number of hydrogen-bond donors (Lipinski definition) is 2. The summed E-state index contributed by atoms with van der Waals surface area (Å²) >= 11 is 0. The van der Waals surface area contributed by atoms with Gasteiger partial charge in [0.1, 0.15) is 19.5 Å². The number of nitrogens with two attached hydrogens (primary N) is 1. The average Bonchev–Trinajstić information content (AvgIpc) is 2.03. The van der Waals surface area contributed by atoms with Gasteiger partial charge in [0.15, 0.2) is 0 Å². The van der Waals surface area contributed by atoms with Crippen molar-refractivity contribution in [1.29, 1.82) is 0 Å². The molecule has 11 heavy (non-hydrogen) atoms. The highest BCUT2D eigenvalue weighted by Crippen LogP contribution is 1.99.